The third-order valence-electron chi connectivity index (χ3n) is 3.77. The van der Waals surface area contributed by atoms with E-state index in [4.69, 9.17) is 5.73 Å². The summed E-state index contributed by atoms with van der Waals surface area (Å²) in [5.41, 5.74) is 6.19. The van der Waals surface area contributed by atoms with E-state index in [1.165, 1.54) is 0 Å². The molecule has 1 atom stereocenters. The van der Waals surface area contributed by atoms with Crippen molar-refractivity contribution < 1.29 is 9.59 Å². The lowest BCUT2D eigenvalue weighted by molar-refractivity contribution is -0.149. The molecule has 0 saturated carbocycles. The zero-order chi connectivity index (χ0) is 14.8. The Balaban J connectivity index is 0.00000220. The minimum absolute atomic E-state index is 0. The largest absolute Gasteiger partial charge is 0.352 e. The Hall–Kier alpha value is -1.59. The summed E-state index contributed by atoms with van der Waals surface area (Å²) < 4.78 is 0. The van der Waals surface area contributed by atoms with Gasteiger partial charge < -0.3 is 16.0 Å². The summed E-state index contributed by atoms with van der Waals surface area (Å²) in [6.45, 7) is 4.54. The van der Waals surface area contributed by atoms with Gasteiger partial charge in [-0.15, -0.1) is 12.4 Å². The average Bonchev–Trinajstić information content (AvgIpc) is 2.42. The van der Waals surface area contributed by atoms with E-state index in [2.05, 4.69) is 5.32 Å². The normalized spacial score (nSPS) is 18.4. The number of hydrogen-bond donors (Lipinski definition) is 2. The molecule has 1 aliphatic rings. The van der Waals surface area contributed by atoms with Crippen molar-refractivity contribution >= 4 is 24.2 Å². The summed E-state index contributed by atoms with van der Waals surface area (Å²) >= 11 is 0. The second kappa shape index (κ2) is 6.91. The summed E-state index contributed by atoms with van der Waals surface area (Å²) in [6, 6.07) is 9.19. The van der Waals surface area contributed by atoms with Crippen LogP contribution in [0.15, 0.2) is 30.3 Å². The number of hydrogen-bond acceptors (Lipinski definition) is 3. The van der Waals surface area contributed by atoms with E-state index in [9.17, 15) is 9.59 Å². The maximum atomic E-state index is 12.4. The average molecular weight is 312 g/mol. The number of nitrogens with two attached hydrogens (primary N) is 1. The van der Waals surface area contributed by atoms with Crippen LogP contribution >= 0.6 is 12.4 Å². The van der Waals surface area contributed by atoms with Crippen molar-refractivity contribution in [1.29, 1.82) is 0 Å². The van der Waals surface area contributed by atoms with Crippen molar-refractivity contribution in [3.8, 4) is 0 Å². The van der Waals surface area contributed by atoms with Crippen LogP contribution in [0.1, 0.15) is 31.9 Å². The lowest BCUT2D eigenvalue weighted by Crippen LogP contribution is -2.63. The van der Waals surface area contributed by atoms with Crippen molar-refractivity contribution in [2.75, 3.05) is 13.1 Å². The fourth-order valence-corrected chi connectivity index (χ4v) is 2.45. The molecule has 0 radical (unpaired) electrons. The van der Waals surface area contributed by atoms with Crippen molar-refractivity contribution in [2.45, 2.75) is 31.8 Å². The molecule has 6 heteroatoms. The van der Waals surface area contributed by atoms with Gasteiger partial charge in [0.2, 0.25) is 11.8 Å². The lowest BCUT2D eigenvalue weighted by Gasteiger charge is -2.41. The molecule has 2 amide bonds. The van der Waals surface area contributed by atoms with Crippen LogP contribution in [-0.2, 0) is 9.59 Å². The van der Waals surface area contributed by atoms with Crippen LogP contribution in [0.4, 0.5) is 0 Å². The molecular formula is C15H22ClN3O2. The lowest BCUT2D eigenvalue weighted by atomic mass is 9.96. The van der Waals surface area contributed by atoms with Crippen LogP contribution in [0.2, 0.25) is 0 Å². The Morgan fingerprint density at radius 3 is 2.62 bits per heavy atom. The van der Waals surface area contributed by atoms with E-state index in [1.54, 1.807) is 18.7 Å². The molecule has 0 bridgehead atoms. The van der Waals surface area contributed by atoms with Gasteiger partial charge in [0.1, 0.15) is 5.54 Å². The van der Waals surface area contributed by atoms with Crippen LogP contribution in [-0.4, -0.2) is 35.3 Å². The van der Waals surface area contributed by atoms with E-state index in [0.29, 0.717) is 13.1 Å². The highest BCUT2D eigenvalue weighted by Gasteiger charge is 2.40. The van der Waals surface area contributed by atoms with Crippen LogP contribution in [0, 0.1) is 0 Å². The maximum Gasteiger partial charge on any atom is 0.245 e. The van der Waals surface area contributed by atoms with Crippen LogP contribution in [0.5, 0.6) is 0 Å². The van der Waals surface area contributed by atoms with Crippen LogP contribution < -0.4 is 11.1 Å². The highest BCUT2D eigenvalue weighted by atomic mass is 35.5. The predicted octanol–water partition coefficient (Wildman–Crippen LogP) is 1.24. The summed E-state index contributed by atoms with van der Waals surface area (Å²) in [5, 5.41) is 2.78. The Morgan fingerprint density at radius 1 is 1.38 bits per heavy atom. The SMILES string of the molecule is CC1(C)C(=O)NCCN1C(=O)CC(N)c1ccccc1.Cl. The number of halogens is 1. The number of carbonyl (C=O) groups is 2. The van der Waals surface area contributed by atoms with Gasteiger partial charge in [-0.2, -0.15) is 0 Å². The van der Waals surface area contributed by atoms with Crippen LogP contribution in [0.3, 0.4) is 0 Å². The fraction of sp³-hybridized carbons (Fsp3) is 0.467. The molecule has 1 aromatic rings. The van der Waals surface area contributed by atoms with E-state index >= 15 is 0 Å². The molecule has 1 aromatic carbocycles. The first-order valence-electron chi connectivity index (χ1n) is 6.82. The number of nitrogens with one attached hydrogen (secondary N) is 1. The van der Waals surface area contributed by atoms with Crippen molar-refractivity contribution in [2.24, 2.45) is 5.73 Å². The molecule has 1 heterocycles. The highest BCUT2D eigenvalue weighted by molar-refractivity contribution is 5.92. The summed E-state index contributed by atoms with van der Waals surface area (Å²) in [5.74, 6) is -0.202. The molecular weight excluding hydrogens is 290 g/mol. The Morgan fingerprint density at radius 2 is 2.00 bits per heavy atom. The number of benzene rings is 1. The van der Waals surface area contributed by atoms with Gasteiger partial charge in [-0.3, -0.25) is 9.59 Å². The van der Waals surface area contributed by atoms with E-state index in [-0.39, 0.29) is 36.7 Å². The van der Waals surface area contributed by atoms with Gasteiger partial charge >= 0.3 is 0 Å². The number of rotatable bonds is 3. The van der Waals surface area contributed by atoms with Crippen molar-refractivity contribution in [3.05, 3.63) is 35.9 Å². The molecule has 1 fully saturated rings. The van der Waals surface area contributed by atoms with Gasteiger partial charge in [-0.05, 0) is 19.4 Å². The molecule has 1 saturated heterocycles. The molecule has 3 N–H and O–H groups in total. The zero-order valence-corrected chi connectivity index (χ0v) is 13.2. The second-order valence-corrected chi connectivity index (χ2v) is 5.58. The maximum absolute atomic E-state index is 12.4. The molecule has 21 heavy (non-hydrogen) atoms. The number of carbonyl (C=O) groups excluding carboxylic acids is 2. The molecule has 0 aliphatic carbocycles. The second-order valence-electron chi connectivity index (χ2n) is 5.58. The third-order valence-corrected chi connectivity index (χ3v) is 3.77. The predicted molar refractivity (Wildman–Crippen MR) is 84.0 cm³/mol. The Kier molecular flexibility index (Phi) is 5.75. The topological polar surface area (TPSA) is 75.4 Å². The first-order valence-corrected chi connectivity index (χ1v) is 6.82. The zero-order valence-electron chi connectivity index (χ0n) is 12.3. The number of nitrogens with zero attached hydrogens (tertiary/aromatic N) is 1. The first kappa shape index (κ1) is 17.5. The standard InChI is InChI=1S/C15H21N3O2.ClH/c1-15(2)14(20)17-8-9-18(15)13(19)10-12(16)11-6-4-3-5-7-11;/h3-7,12H,8-10,16H2,1-2H3,(H,17,20);1H. The summed E-state index contributed by atoms with van der Waals surface area (Å²) in [7, 11) is 0. The summed E-state index contributed by atoms with van der Waals surface area (Å²) in [4.78, 5) is 25.9. The first-order chi connectivity index (χ1) is 9.43. The fourth-order valence-electron chi connectivity index (χ4n) is 2.45. The third kappa shape index (κ3) is 3.74. The summed E-state index contributed by atoms with van der Waals surface area (Å²) in [6.07, 6.45) is 0.209. The molecule has 1 unspecified atom stereocenters. The quantitative estimate of drug-likeness (QED) is 0.881. The van der Waals surface area contributed by atoms with Gasteiger partial charge in [-0.1, -0.05) is 30.3 Å². The molecule has 2 rings (SSSR count). The monoisotopic (exact) mass is 311 g/mol. The van der Waals surface area contributed by atoms with Gasteiger partial charge in [0, 0.05) is 25.6 Å². The molecule has 1 aliphatic heterocycles. The molecule has 116 valence electrons. The highest BCUT2D eigenvalue weighted by Crippen LogP contribution is 2.22. The number of piperazine rings is 1. The minimum Gasteiger partial charge on any atom is -0.352 e. The van der Waals surface area contributed by atoms with Crippen LogP contribution in [0.25, 0.3) is 0 Å². The van der Waals surface area contributed by atoms with Gasteiger partial charge in [0.05, 0.1) is 0 Å². The number of amides is 2. The molecule has 5 nitrogen and oxygen atoms in total. The molecule has 0 aromatic heterocycles. The van der Waals surface area contributed by atoms with Crippen molar-refractivity contribution in [3.63, 3.8) is 0 Å². The minimum atomic E-state index is -0.814. The van der Waals surface area contributed by atoms with Gasteiger partial charge in [-0.25, -0.2) is 0 Å². The molecule has 0 spiro atoms. The van der Waals surface area contributed by atoms with E-state index in [1.807, 2.05) is 30.3 Å². The van der Waals surface area contributed by atoms with E-state index in [0.717, 1.165) is 5.56 Å². The Bertz CT molecular complexity index is 505. The van der Waals surface area contributed by atoms with Crippen molar-refractivity contribution in [1.82, 2.24) is 10.2 Å². The smallest absolute Gasteiger partial charge is 0.245 e. The Labute approximate surface area is 131 Å². The van der Waals surface area contributed by atoms with E-state index < -0.39 is 5.54 Å². The van der Waals surface area contributed by atoms with Gasteiger partial charge in [0.25, 0.3) is 0 Å². The van der Waals surface area contributed by atoms with Gasteiger partial charge in [0.15, 0.2) is 0 Å².